The number of anilines is 3. The SMILES string of the molecule is COCCNc1cc(NC2CCC(Oc3cc(N)cc4nccnc34)CC2)ncn1. The molecule has 2 aromatic heterocycles. The molecule has 4 N–H and O–H groups in total. The third kappa shape index (κ3) is 5.04. The van der Waals surface area contributed by atoms with Crippen LogP contribution in [0.15, 0.2) is 36.9 Å². The first-order chi connectivity index (χ1) is 14.7. The van der Waals surface area contributed by atoms with Crippen molar-refractivity contribution in [1.29, 1.82) is 0 Å². The van der Waals surface area contributed by atoms with Crippen LogP contribution in [-0.2, 0) is 4.74 Å². The second-order valence-corrected chi connectivity index (χ2v) is 7.39. The van der Waals surface area contributed by atoms with Gasteiger partial charge in [0.1, 0.15) is 29.2 Å². The number of hydrogen-bond acceptors (Lipinski definition) is 9. The second-order valence-electron chi connectivity index (χ2n) is 7.39. The van der Waals surface area contributed by atoms with Gasteiger partial charge in [-0.1, -0.05) is 0 Å². The van der Waals surface area contributed by atoms with Gasteiger partial charge in [0.15, 0.2) is 0 Å². The molecule has 9 nitrogen and oxygen atoms in total. The maximum absolute atomic E-state index is 6.26. The van der Waals surface area contributed by atoms with Crippen molar-refractivity contribution in [1.82, 2.24) is 19.9 Å². The summed E-state index contributed by atoms with van der Waals surface area (Å²) >= 11 is 0. The van der Waals surface area contributed by atoms with Crippen molar-refractivity contribution in [3.63, 3.8) is 0 Å². The van der Waals surface area contributed by atoms with Crippen molar-refractivity contribution in [2.75, 3.05) is 36.6 Å². The summed E-state index contributed by atoms with van der Waals surface area (Å²) in [5.41, 5.74) is 8.14. The van der Waals surface area contributed by atoms with Crippen molar-refractivity contribution in [2.45, 2.75) is 37.8 Å². The lowest BCUT2D eigenvalue weighted by molar-refractivity contribution is 0.152. The van der Waals surface area contributed by atoms with E-state index in [-0.39, 0.29) is 6.10 Å². The zero-order valence-electron chi connectivity index (χ0n) is 17.0. The highest BCUT2D eigenvalue weighted by Crippen LogP contribution is 2.30. The minimum absolute atomic E-state index is 0.131. The molecule has 158 valence electrons. The zero-order valence-corrected chi connectivity index (χ0v) is 17.0. The second kappa shape index (κ2) is 9.53. The summed E-state index contributed by atoms with van der Waals surface area (Å²) in [7, 11) is 1.68. The zero-order chi connectivity index (χ0) is 20.8. The molecule has 0 atom stereocenters. The molecule has 1 aromatic carbocycles. The molecule has 4 rings (SSSR count). The predicted octanol–water partition coefficient (Wildman–Crippen LogP) is 2.86. The average Bonchev–Trinajstić information content (AvgIpc) is 2.75. The lowest BCUT2D eigenvalue weighted by Crippen LogP contribution is -2.31. The monoisotopic (exact) mass is 409 g/mol. The maximum Gasteiger partial charge on any atom is 0.149 e. The first kappa shape index (κ1) is 20.1. The Morgan fingerprint density at radius 2 is 1.80 bits per heavy atom. The van der Waals surface area contributed by atoms with Crippen LogP contribution >= 0.6 is 0 Å². The summed E-state index contributed by atoms with van der Waals surface area (Å²) < 4.78 is 11.3. The summed E-state index contributed by atoms with van der Waals surface area (Å²) in [6.45, 7) is 1.34. The van der Waals surface area contributed by atoms with Crippen LogP contribution in [0.25, 0.3) is 11.0 Å². The number of rotatable bonds is 8. The molecule has 0 radical (unpaired) electrons. The number of aromatic nitrogens is 4. The molecule has 0 unspecified atom stereocenters. The number of methoxy groups -OCH3 is 1. The summed E-state index contributed by atoms with van der Waals surface area (Å²) in [6, 6.07) is 5.93. The standard InChI is InChI=1S/C21H27N7O2/c1-29-9-8-24-19-12-20(27-13-26-19)28-15-2-4-16(5-3-15)30-18-11-14(22)10-17-21(18)25-7-6-23-17/h6-7,10-13,15-16H,2-5,8-9,22H2,1H3,(H2,24,26,27,28). The highest BCUT2D eigenvalue weighted by Gasteiger charge is 2.23. The van der Waals surface area contributed by atoms with E-state index in [1.165, 1.54) is 0 Å². The number of nitrogens with zero attached hydrogens (tertiary/aromatic N) is 4. The van der Waals surface area contributed by atoms with E-state index in [0.29, 0.717) is 30.6 Å². The van der Waals surface area contributed by atoms with Crippen LogP contribution in [-0.4, -0.2) is 52.3 Å². The normalized spacial score (nSPS) is 18.8. The van der Waals surface area contributed by atoms with Crippen LogP contribution in [0, 0.1) is 0 Å². The van der Waals surface area contributed by atoms with Gasteiger partial charge < -0.3 is 25.8 Å². The molecule has 0 aliphatic heterocycles. The van der Waals surface area contributed by atoms with Gasteiger partial charge in [-0.25, -0.2) is 15.0 Å². The van der Waals surface area contributed by atoms with Gasteiger partial charge in [0.25, 0.3) is 0 Å². The molecule has 9 heteroatoms. The molecule has 1 fully saturated rings. The lowest BCUT2D eigenvalue weighted by Gasteiger charge is -2.30. The topological polar surface area (TPSA) is 120 Å². The Kier molecular flexibility index (Phi) is 6.38. The fraction of sp³-hybridized carbons (Fsp3) is 0.429. The van der Waals surface area contributed by atoms with E-state index in [1.807, 2.05) is 18.2 Å². The Morgan fingerprint density at radius 3 is 2.63 bits per heavy atom. The Labute approximate surface area is 175 Å². The molecule has 0 bridgehead atoms. The molecule has 1 aliphatic carbocycles. The first-order valence-corrected chi connectivity index (χ1v) is 10.2. The van der Waals surface area contributed by atoms with Crippen molar-refractivity contribution in [3.8, 4) is 5.75 Å². The predicted molar refractivity (Wildman–Crippen MR) is 117 cm³/mol. The number of nitrogens with two attached hydrogens (primary N) is 1. The molecular formula is C21H27N7O2. The molecule has 0 amide bonds. The third-order valence-corrected chi connectivity index (χ3v) is 5.16. The smallest absolute Gasteiger partial charge is 0.149 e. The lowest BCUT2D eigenvalue weighted by atomic mass is 9.93. The number of fused-ring (bicyclic) bond motifs is 1. The van der Waals surface area contributed by atoms with Gasteiger partial charge in [-0.3, -0.25) is 4.98 Å². The van der Waals surface area contributed by atoms with E-state index in [2.05, 4.69) is 30.6 Å². The van der Waals surface area contributed by atoms with Crippen molar-refractivity contribution >= 4 is 28.4 Å². The maximum atomic E-state index is 6.26. The quantitative estimate of drug-likeness (QED) is 0.381. The van der Waals surface area contributed by atoms with Crippen molar-refractivity contribution in [2.24, 2.45) is 0 Å². The minimum atomic E-state index is 0.131. The van der Waals surface area contributed by atoms with Gasteiger partial charge in [0, 0.05) is 49.9 Å². The van der Waals surface area contributed by atoms with E-state index >= 15 is 0 Å². The number of hydrogen-bond donors (Lipinski definition) is 3. The molecule has 30 heavy (non-hydrogen) atoms. The highest BCUT2D eigenvalue weighted by atomic mass is 16.5. The van der Waals surface area contributed by atoms with Crippen molar-refractivity contribution < 1.29 is 9.47 Å². The Balaban J connectivity index is 1.32. The van der Waals surface area contributed by atoms with E-state index in [1.54, 1.807) is 25.8 Å². The molecule has 0 spiro atoms. The molecular weight excluding hydrogens is 382 g/mol. The largest absolute Gasteiger partial charge is 0.488 e. The van der Waals surface area contributed by atoms with Crippen LogP contribution in [0.4, 0.5) is 17.3 Å². The fourth-order valence-electron chi connectivity index (χ4n) is 3.68. The molecule has 3 aromatic rings. The summed E-state index contributed by atoms with van der Waals surface area (Å²) in [5.74, 6) is 2.32. The Hall–Kier alpha value is -3.20. The van der Waals surface area contributed by atoms with Crippen LogP contribution < -0.4 is 21.1 Å². The van der Waals surface area contributed by atoms with Crippen LogP contribution in [0.1, 0.15) is 25.7 Å². The first-order valence-electron chi connectivity index (χ1n) is 10.2. The van der Waals surface area contributed by atoms with Gasteiger partial charge in [0.05, 0.1) is 18.2 Å². The van der Waals surface area contributed by atoms with Crippen molar-refractivity contribution in [3.05, 3.63) is 36.9 Å². The third-order valence-electron chi connectivity index (χ3n) is 5.16. The van der Waals surface area contributed by atoms with E-state index < -0.39 is 0 Å². The van der Waals surface area contributed by atoms with Gasteiger partial charge in [-0.15, -0.1) is 0 Å². The average molecular weight is 409 g/mol. The summed E-state index contributed by atoms with van der Waals surface area (Å²) in [6.07, 6.45) is 8.90. The van der Waals surface area contributed by atoms with Gasteiger partial charge in [-0.2, -0.15) is 0 Å². The van der Waals surface area contributed by atoms with Gasteiger partial charge >= 0.3 is 0 Å². The summed E-state index contributed by atoms with van der Waals surface area (Å²) in [4.78, 5) is 17.3. The number of nitrogens with one attached hydrogen (secondary N) is 2. The van der Waals surface area contributed by atoms with Gasteiger partial charge in [0.2, 0.25) is 0 Å². The molecule has 1 aliphatic rings. The van der Waals surface area contributed by atoms with E-state index in [4.69, 9.17) is 15.2 Å². The number of benzene rings is 1. The van der Waals surface area contributed by atoms with Crippen LogP contribution in [0.2, 0.25) is 0 Å². The van der Waals surface area contributed by atoms with Gasteiger partial charge in [-0.05, 0) is 31.7 Å². The molecule has 0 saturated heterocycles. The van der Waals surface area contributed by atoms with Crippen LogP contribution in [0.5, 0.6) is 5.75 Å². The Bertz CT molecular complexity index is 976. The number of ether oxygens (including phenoxy) is 2. The fourth-order valence-corrected chi connectivity index (χ4v) is 3.68. The van der Waals surface area contributed by atoms with Crippen LogP contribution in [0.3, 0.4) is 0 Å². The highest BCUT2D eigenvalue weighted by molar-refractivity contribution is 5.84. The van der Waals surface area contributed by atoms with E-state index in [0.717, 1.165) is 48.4 Å². The molecule has 1 saturated carbocycles. The number of nitrogen functional groups attached to an aromatic ring is 1. The minimum Gasteiger partial charge on any atom is -0.488 e. The Morgan fingerprint density at radius 1 is 1.00 bits per heavy atom. The summed E-state index contributed by atoms with van der Waals surface area (Å²) in [5, 5.41) is 6.73. The van der Waals surface area contributed by atoms with E-state index in [9.17, 15) is 0 Å². The molecule has 2 heterocycles.